The summed E-state index contributed by atoms with van der Waals surface area (Å²) in [6, 6.07) is 15.9. The number of esters is 1. The average Bonchev–Trinajstić information content (AvgIpc) is 3.06. The van der Waals surface area contributed by atoms with Crippen LogP contribution in [-0.2, 0) is 20.7 Å². The van der Waals surface area contributed by atoms with Gasteiger partial charge in [0.25, 0.3) is 0 Å². The lowest BCUT2D eigenvalue weighted by atomic mass is 9.80. The van der Waals surface area contributed by atoms with Crippen LogP contribution in [0.3, 0.4) is 0 Å². The molecule has 4 N–H and O–H groups in total. The lowest BCUT2D eigenvalue weighted by Gasteiger charge is -2.32. The van der Waals surface area contributed by atoms with Gasteiger partial charge in [-0.15, -0.1) is 0 Å². The molecule has 0 aromatic heterocycles. The van der Waals surface area contributed by atoms with E-state index in [9.17, 15) is 9.59 Å². The van der Waals surface area contributed by atoms with Gasteiger partial charge >= 0.3 is 5.97 Å². The van der Waals surface area contributed by atoms with Crippen LogP contribution >= 0.6 is 0 Å². The monoisotopic (exact) mass is 609 g/mol. The number of ether oxygens (including phenoxy) is 3. The van der Waals surface area contributed by atoms with Gasteiger partial charge in [0.2, 0.25) is 5.91 Å². The number of carbonyl (C=O) groups excluding carboxylic acids is 2. The number of nitrogens with one attached hydrogen (secondary N) is 2. The van der Waals surface area contributed by atoms with Gasteiger partial charge in [-0.3, -0.25) is 15.0 Å². The largest absolute Gasteiger partial charge is 0.486 e. The topological polar surface area (TPSA) is 124 Å². The Bertz CT molecular complexity index is 1520. The van der Waals surface area contributed by atoms with Gasteiger partial charge in [0.05, 0.1) is 12.5 Å². The number of amidine groups is 1. The van der Waals surface area contributed by atoms with Crippen LogP contribution in [0.5, 0.6) is 11.5 Å². The second-order valence-electron chi connectivity index (χ2n) is 12.1. The maximum Gasteiger partial charge on any atom is 0.302 e. The second kappa shape index (κ2) is 14.9. The molecule has 1 amide bonds. The van der Waals surface area contributed by atoms with Crippen molar-refractivity contribution in [2.75, 3.05) is 19.8 Å². The molecule has 8 nitrogen and oxygen atoms in total. The number of rotatable bonds is 12. The molecule has 0 bridgehead atoms. The van der Waals surface area contributed by atoms with Gasteiger partial charge in [-0.2, -0.15) is 0 Å². The molecule has 0 spiro atoms. The summed E-state index contributed by atoms with van der Waals surface area (Å²) in [5, 5.41) is 11.3. The summed E-state index contributed by atoms with van der Waals surface area (Å²) >= 11 is 0. The minimum absolute atomic E-state index is 0.0395. The van der Waals surface area contributed by atoms with Crippen molar-refractivity contribution in [3.63, 3.8) is 0 Å². The van der Waals surface area contributed by atoms with E-state index >= 15 is 0 Å². The molecule has 2 aromatic carbocycles. The Labute approximate surface area is 265 Å². The Morgan fingerprint density at radius 3 is 2.56 bits per heavy atom. The Balaban J connectivity index is 1.33. The zero-order valence-corrected chi connectivity index (χ0v) is 26.1. The molecule has 0 fully saturated rings. The molecule has 236 valence electrons. The number of hydrogen-bond donors (Lipinski definition) is 3. The van der Waals surface area contributed by atoms with Crippen molar-refractivity contribution in [1.29, 1.82) is 5.41 Å². The van der Waals surface area contributed by atoms with Crippen molar-refractivity contribution < 1.29 is 23.8 Å². The van der Waals surface area contributed by atoms with E-state index < -0.39 is 0 Å². The fourth-order valence-electron chi connectivity index (χ4n) is 6.08. The zero-order chi connectivity index (χ0) is 31.8. The van der Waals surface area contributed by atoms with Crippen molar-refractivity contribution in [2.45, 2.75) is 52.0 Å². The first-order valence-electron chi connectivity index (χ1n) is 15.8. The Morgan fingerprint density at radius 1 is 1.07 bits per heavy atom. The molecule has 0 saturated heterocycles. The van der Waals surface area contributed by atoms with Crippen LogP contribution < -0.4 is 20.5 Å². The molecule has 2 aliphatic carbocycles. The number of aryl methyl sites for hydroxylation is 1. The van der Waals surface area contributed by atoms with E-state index in [4.69, 9.17) is 25.4 Å². The van der Waals surface area contributed by atoms with Crippen LogP contribution in [0.4, 0.5) is 0 Å². The maximum absolute atomic E-state index is 13.8. The number of amides is 1. The number of hydrogen-bond acceptors (Lipinski definition) is 6. The highest BCUT2D eigenvalue weighted by Gasteiger charge is 2.30. The van der Waals surface area contributed by atoms with Crippen molar-refractivity contribution in [3.05, 3.63) is 101 Å². The Hall–Kier alpha value is -4.59. The van der Waals surface area contributed by atoms with Crippen LogP contribution in [0.25, 0.3) is 5.57 Å². The van der Waals surface area contributed by atoms with Gasteiger partial charge < -0.3 is 25.3 Å². The summed E-state index contributed by atoms with van der Waals surface area (Å²) in [4.78, 5) is 25.7. The van der Waals surface area contributed by atoms with E-state index in [2.05, 4.69) is 30.4 Å². The van der Waals surface area contributed by atoms with E-state index in [-0.39, 0.29) is 48.1 Å². The van der Waals surface area contributed by atoms with Crippen LogP contribution in [0.2, 0.25) is 0 Å². The average molecular weight is 610 g/mol. The van der Waals surface area contributed by atoms with E-state index in [0.29, 0.717) is 38.0 Å². The third kappa shape index (κ3) is 8.53. The summed E-state index contributed by atoms with van der Waals surface area (Å²) in [5.41, 5.74) is 10.9. The van der Waals surface area contributed by atoms with Crippen molar-refractivity contribution in [2.24, 2.45) is 23.5 Å². The molecular weight excluding hydrogens is 566 g/mol. The quantitative estimate of drug-likeness (QED) is 0.156. The summed E-state index contributed by atoms with van der Waals surface area (Å²) in [6.45, 7) is 4.83. The molecule has 1 aliphatic heterocycles. The maximum atomic E-state index is 13.8. The van der Waals surface area contributed by atoms with Gasteiger partial charge in [0, 0.05) is 24.5 Å². The molecule has 2 aromatic rings. The molecule has 5 rings (SSSR count). The zero-order valence-electron chi connectivity index (χ0n) is 26.1. The molecule has 1 heterocycles. The normalized spacial score (nSPS) is 20.2. The molecule has 8 heteroatoms. The second-order valence-corrected chi connectivity index (χ2v) is 12.1. The smallest absolute Gasteiger partial charge is 0.302 e. The van der Waals surface area contributed by atoms with Crippen LogP contribution in [-0.4, -0.2) is 43.6 Å². The molecule has 0 radical (unpaired) electrons. The first-order valence-corrected chi connectivity index (χ1v) is 15.8. The van der Waals surface area contributed by atoms with Crippen LogP contribution in [0.1, 0.15) is 50.7 Å². The fourth-order valence-corrected chi connectivity index (χ4v) is 6.08. The number of fused-ring (bicyclic) bond motifs is 1. The summed E-state index contributed by atoms with van der Waals surface area (Å²) in [5.74, 6) is 0.902. The predicted molar refractivity (Wildman–Crippen MR) is 176 cm³/mol. The van der Waals surface area contributed by atoms with Crippen molar-refractivity contribution >= 4 is 23.3 Å². The highest BCUT2D eigenvalue weighted by molar-refractivity contribution is 5.97. The molecule has 4 atom stereocenters. The van der Waals surface area contributed by atoms with Gasteiger partial charge in [-0.25, -0.2) is 0 Å². The molecule has 0 saturated carbocycles. The van der Waals surface area contributed by atoms with Crippen molar-refractivity contribution in [3.8, 4) is 11.5 Å². The van der Waals surface area contributed by atoms with Gasteiger partial charge in [0.15, 0.2) is 11.5 Å². The summed E-state index contributed by atoms with van der Waals surface area (Å²) in [7, 11) is 0. The molecule has 45 heavy (non-hydrogen) atoms. The van der Waals surface area contributed by atoms with E-state index in [1.54, 1.807) is 0 Å². The highest BCUT2D eigenvalue weighted by Crippen LogP contribution is 2.35. The fraction of sp³-hybridized carbons (Fsp3) is 0.378. The van der Waals surface area contributed by atoms with Gasteiger partial charge in [-0.1, -0.05) is 79.3 Å². The molecule has 3 aliphatic rings. The molecule has 4 unspecified atom stereocenters. The third-order valence-corrected chi connectivity index (χ3v) is 8.77. The number of carbonyl (C=O) groups is 2. The standard InChI is InChI=1S/C37H43N3O5/c1-24-8-10-30(36(38)39)20-31(24)21-32(23-45-25(2)41)33(16-9-26-6-4-3-5-7-26)40-37(42)28-13-11-27(12-14-28)29-15-17-34-35(22-29)44-19-18-43-34/h3-7,10-13,15,17,20,22,24,28,32-33H,8-9,14,16,18-19,21,23H2,1-2H3,(H3,38,39)(H,40,42). The van der Waals surface area contributed by atoms with Gasteiger partial charge in [-0.05, 0) is 66.9 Å². The van der Waals surface area contributed by atoms with E-state index in [1.165, 1.54) is 12.5 Å². The third-order valence-electron chi connectivity index (χ3n) is 8.77. The predicted octanol–water partition coefficient (Wildman–Crippen LogP) is 5.93. The van der Waals surface area contributed by atoms with Crippen LogP contribution in [0, 0.1) is 23.2 Å². The molecular formula is C37H43N3O5. The number of allylic oxidation sites excluding steroid dienone is 5. The number of benzene rings is 2. The van der Waals surface area contributed by atoms with Gasteiger partial charge in [0.1, 0.15) is 19.0 Å². The summed E-state index contributed by atoms with van der Waals surface area (Å²) in [6.07, 6.45) is 13.5. The first-order chi connectivity index (χ1) is 21.8. The summed E-state index contributed by atoms with van der Waals surface area (Å²) < 4.78 is 17.0. The minimum atomic E-state index is -0.352. The first kappa shape index (κ1) is 31.8. The lowest BCUT2D eigenvalue weighted by molar-refractivity contribution is -0.142. The highest BCUT2D eigenvalue weighted by atomic mass is 16.6. The Morgan fingerprint density at radius 2 is 1.84 bits per heavy atom. The van der Waals surface area contributed by atoms with Crippen molar-refractivity contribution in [1.82, 2.24) is 5.32 Å². The Kier molecular flexibility index (Phi) is 10.6. The SMILES string of the molecule is CC(=O)OCC(CC1=CC(C(=N)N)=CCC1C)C(CCc1ccccc1)NC(=O)C1C=CC(c2ccc3c(c2)OCCO3)=CC1. The minimum Gasteiger partial charge on any atom is -0.486 e. The van der Waals surface area contributed by atoms with Crippen LogP contribution in [0.15, 0.2) is 90.1 Å². The lowest BCUT2D eigenvalue weighted by Crippen LogP contribution is -2.45. The van der Waals surface area contributed by atoms with E-state index in [1.807, 2.05) is 60.7 Å². The number of nitrogens with two attached hydrogens (primary N) is 1. The van der Waals surface area contributed by atoms with E-state index in [0.717, 1.165) is 41.1 Å².